The third-order valence-corrected chi connectivity index (χ3v) is 6.46. The molecular weight excluding hydrogens is 406 g/mol. The summed E-state index contributed by atoms with van der Waals surface area (Å²) in [4.78, 5) is 37.9. The molecule has 4 atom stereocenters. The molecule has 2 aromatic rings. The van der Waals surface area contributed by atoms with Gasteiger partial charge in [0.25, 0.3) is 17.7 Å². The van der Waals surface area contributed by atoms with E-state index in [1.54, 1.807) is 24.3 Å². The molecule has 7 heteroatoms. The molecule has 1 heterocycles. The van der Waals surface area contributed by atoms with Gasteiger partial charge in [-0.25, -0.2) is 0 Å². The first-order valence-electron chi connectivity index (χ1n) is 10.7. The minimum atomic E-state index is -0.286. The summed E-state index contributed by atoms with van der Waals surface area (Å²) in [6.45, 7) is 1.73. The molecule has 2 aliphatic carbocycles. The highest BCUT2D eigenvalue weighted by atomic mass is 16.5. The Bertz CT molecular complexity index is 1130. The molecule has 1 N–H and O–H groups in total. The molecule has 7 nitrogen and oxygen atoms in total. The summed E-state index contributed by atoms with van der Waals surface area (Å²) < 4.78 is 5.70. The van der Waals surface area contributed by atoms with E-state index in [4.69, 9.17) is 4.74 Å². The number of amides is 3. The summed E-state index contributed by atoms with van der Waals surface area (Å²) in [5.41, 5.74) is 2.27. The first-order chi connectivity index (χ1) is 15.5. The molecule has 32 heavy (non-hydrogen) atoms. The van der Waals surface area contributed by atoms with Gasteiger partial charge in [0, 0.05) is 11.3 Å². The van der Waals surface area contributed by atoms with Gasteiger partial charge < -0.3 is 10.1 Å². The molecule has 5 rings (SSSR count). The zero-order chi connectivity index (χ0) is 22.2. The van der Waals surface area contributed by atoms with E-state index >= 15 is 0 Å². The van der Waals surface area contributed by atoms with Crippen LogP contribution in [-0.4, -0.2) is 35.6 Å². The quantitative estimate of drug-likeness (QED) is 0.434. The second-order valence-electron chi connectivity index (χ2n) is 8.42. The van der Waals surface area contributed by atoms with Crippen LogP contribution in [0.15, 0.2) is 65.8 Å². The number of hydrogen-bond acceptors (Lipinski definition) is 5. The number of fused-ring (bicyclic) bond motifs is 5. The van der Waals surface area contributed by atoms with Gasteiger partial charge in [-0.2, -0.15) is 10.1 Å². The maximum Gasteiger partial charge on any atom is 0.262 e. The van der Waals surface area contributed by atoms with Crippen molar-refractivity contribution in [2.45, 2.75) is 13.3 Å². The third kappa shape index (κ3) is 3.49. The van der Waals surface area contributed by atoms with Gasteiger partial charge in [-0.05, 0) is 48.9 Å². The van der Waals surface area contributed by atoms with Crippen LogP contribution in [0, 0.1) is 30.6 Å². The van der Waals surface area contributed by atoms with Gasteiger partial charge in [-0.3, -0.25) is 14.4 Å². The van der Waals surface area contributed by atoms with Gasteiger partial charge in [0.1, 0.15) is 5.75 Å². The van der Waals surface area contributed by atoms with Gasteiger partial charge in [-0.1, -0.05) is 42.5 Å². The Morgan fingerprint density at radius 3 is 2.44 bits per heavy atom. The zero-order valence-electron chi connectivity index (χ0n) is 17.6. The van der Waals surface area contributed by atoms with E-state index in [1.165, 1.54) is 6.21 Å². The van der Waals surface area contributed by atoms with Gasteiger partial charge in [0.2, 0.25) is 0 Å². The largest absolute Gasteiger partial charge is 0.483 e. The minimum absolute atomic E-state index is 0.143. The molecule has 0 spiro atoms. The Hall–Kier alpha value is -3.74. The molecule has 2 fully saturated rings. The van der Waals surface area contributed by atoms with Crippen molar-refractivity contribution < 1.29 is 19.1 Å². The van der Waals surface area contributed by atoms with Gasteiger partial charge in [0.15, 0.2) is 6.61 Å². The van der Waals surface area contributed by atoms with Crippen molar-refractivity contribution in [3.63, 3.8) is 0 Å². The van der Waals surface area contributed by atoms with Crippen molar-refractivity contribution in [2.24, 2.45) is 28.8 Å². The van der Waals surface area contributed by atoms with Crippen LogP contribution in [0.2, 0.25) is 0 Å². The highest BCUT2D eigenvalue weighted by Gasteiger charge is 2.59. The number of benzene rings is 2. The second-order valence-corrected chi connectivity index (χ2v) is 8.42. The van der Waals surface area contributed by atoms with Crippen LogP contribution in [0.3, 0.4) is 0 Å². The number of allylic oxidation sites excluding steroid dienone is 2. The number of hydrogen-bond donors (Lipinski definition) is 1. The first kappa shape index (κ1) is 20.2. The van der Waals surface area contributed by atoms with Gasteiger partial charge in [-0.15, -0.1) is 0 Å². The third-order valence-electron chi connectivity index (χ3n) is 6.46. The van der Waals surface area contributed by atoms with Crippen molar-refractivity contribution in [1.29, 1.82) is 0 Å². The molecule has 1 saturated carbocycles. The molecule has 3 aliphatic rings. The number of aryl methyl sites for hydroxylation is 1. The number of nitrogens with one attached hydrogen (secondary N) is 1. The number of hydrazone groups is 1. The lowest BCUT2D eigenvalue weighted by molar-refractivity contribution is -0.140. The summed E-state index contributed by atoms with van der Waals surface area (Å²) >= 11 is 0. The van der Waals surface area contributed by atoms with E-state index in [2.05, 4.69) is 22.6 Å². The molecule has 0 unspecified atom stereocenters. The standard InChI is InChI=1S/C25H23N3O4/c1-15-6-2-4-8-19(15)27-21(29)14-32-20-9-5-3-7-18(20)13-26-28-24(30)22-16-10-11-17(12-16)23(22)25(28)31/h2-11,13,16-17,22-23H,12,14H2,1H3,(H,27,29)/t16-,17-,22-,23+/m0/s1. The number of carbonyl (C=O) groups is 3. The number of imide groups is 1. The predicted octanol–water partition coefficient (Wildman–Crippen LogP) is 3.15. The van der Waals surface area contributed by atoms with Gasteiger partial charge >= 0.3 is 0 Å². The molecule has 1 saturated heterocycles. The van der Waals surface area contributed by atoms with E-state index in [9.17, 15) is 14.4 Å². The maximum absolute atomic E-state index is 12.8. The normalized spacial score (nSPS) is 25.6. The van der Waals surface area contributed by atoms with E-state index in [1.807, 2.05) is 31.2 Å². The average molecular weight is 429 g/mol. The molecule has 162 valence electrons. The van der Waals surface area contributed by atoms with Crippen LogP contribution in [0.1, 0.15) is 17.5 Å². The summed E-state index contributed by atoms with van der Waals surface area (Å²) in [6.07, 6.45) is 6.43. The van der Waals surface area contributed by atoms with Crippen LogP contribution in [0.5, 0.6) is 5.75 Å². The molecule has 3 amide bonds. The Balaban J connectivity index is 1.26. The van der Waals surface area contributed by atoms with Crippen LogP contribution >= 0.6 is 0 Å². The summed E-state index contributed by atoms with van der Waals surface area (Å²) in [5, 5.41) is 8.03. The Morgan fingerprint density at radius 2 is 1.72 bits per heavy atom. The highest BCUT2D eigenvalue weighted by molar-refractivity contribution is 6.07. The van der Waals surface area contributed by atoms with Gasteiger partial charge in [0.05, 0.1) is 18.1 Å². The fourth-order valence-corrected chi connectivity index (χ4v) is 4.88. The van der Waals surface area contributed by atoms with Crippen LogP contribution in [0.25, 0.3) is 0 Å². The number of carbonyl (C=O) groups excluding carboxylic acids is 3. The summed E-state index contributed by atoms with van der Waals surface area (Å²) in [7, 11) is 0. The Morgan fingerprint density at radius 1 is 1.06 bits per heavy atom. The number of nitrogens with zero attached hydrogens (tertiary/aromatic N) is 2. The predicted molar refractivity (Wildman–Crippen MR) is 119 cm³/mol. The number of anilines is 1. The molecule has 2 aromatic carbocycles. The van der Waals surface area contributed by atoms with Crippen molar-refractivity contribution in [3.05, 3.63) is 71.8 Å². The SMILES string of the molecule is Cc1ccccc1NC(=O)COc1ccccc1C=NN1C(=O)[C@@H]2[C@H](C1=O)[C@H]1C=C[C@H]2C1. The van der Waals surface area contributed by atoms with Crippen molar-refractivity contribution >= 4 is 29.6 Å². The Kier molecular flexibility index (Phi) is 5.09. The van der Waals surface area contributed by atoms with Crippen LogP contribution < -0.4 is 10.1 Å². The lowest BCUT2D eigenvalue weighted by atomic mass is 9.85. The number of para-hydroxylation sites is 2. The molecule has 1 aliphatic heterocycles. The summed E-state index contributed by atoms with van der Waals surface area (Å²) in [6, 6.07) is 14.6. The zero-order valence-corrected chi connectivity index (χ0v) is 17.6. The Labute approximate surface area is 185 Å². The monoisotopic (exact) mass is 429 g/mol. The smallest absolute Gasteiger partial charge is 0.262 e. The average Bonchev–Trinajstić information content (AvgIpc) is 3.47. The fraction of sp³-hybridized carbons (Fsp3) is 0.280. The molecular formula is C25H23N3O4. The molecule has 0 aromatic heterocycles. The lowest BCUT2D eigenvalue weighted by Crippen LogP contribution is -2.28. The first-order valence-corrected chi connectivity index (χ1v) is 10.7. The highest BCUT2D eigenvalue weighted by Crippen LogP contribution is 2.52. The number of rotatable bonds is 6. The van der Waals surface area contributed by atoms with Crippen molar-refractivity contribution in [1.82, 2.24) is 5.01 Å². The topological polar surface area (TPSA) is 88.1 Å². The fourth-order valence-electron chi connectivity index (χ4n) is 4.88. The van der Waals surface area contributed by atoms with E-state index in [0.29, 0.717) is 11.3 Å². The van der Waals surface area contributed by atoms with Crippen LogP contribution in [0.4, 0.5) is 5.69 Å². The number of ether oxygens (including phenoxy) is 1. The van der Waals surface area contributed by atoms with Crippen molar-refractivity contribution in [2.75, 3.05) is 11.9 Å². The van der Waals surface area contributed by atoms with Crippen molar-refractivity contribution in [3.8, 4) is 5.75 Å². The molecule has 0 radical (unpaired) electrons. The minimum Gasteiger partial charge on any atom is -0.483 e. The lowest BCUT2D eigenvalue weighted by Gasteiger charge is -2.13. The van der Waals surface area contributed by atoms with E-state index in [0.717, 1.165) is 22.7 Å². The maximum atomic E-state index is 12.8. The second kappa shape index (κ2) is 8.07. The summed E-state index contributed by atoms with van der Waals surface area (Å²) in [5.74, 6) is -0.595. The molecule has 2 bridgehead atoms. The van der Waals surface area contributed by atoms with E-state index < -0.39 is 0 Å². The van der Waals surface area contributed by atoms with E-state index in [-0.39, 0.29) is 48.0 Å². The van der Waals surface area contributed by atoms with Crippen LogP contribution in [-0.2, 0) is 14.4 Å².